The number of fused-ring (bicyclic) bond motifs is 1. The average Bonchev–Trinajstić information content (AvgIpc) is 2.58. The summed E-state index contributed by atoms with van der Waals surface area (Å²) in [6.45, 7) is 8.44. The zero-order valence-electron chi connectivity index (χ0n) is 17.2. The maximum atomic E-state index is 13.3. The molecule has 0 saturated carbocycles. The summed E-state index contributed by atoms with van der Waals surface area (Å²) >= 11 is 2.15. The van der Waals surface area contributed by atoms with E-state index >= 15 is 0 Å². The lowest BCUT2D eigenvalue weighted by Crippen LogP contribution is -2.15. The van der Waals surface area contributed by atoms with Gasteiger partial charge in [-0.05, 0) is 86.0 Å². The molecular weight excluding hydrogens is 525 g/mol. The van der Waals surface area contributed by atoms with Crippen LogP contribution >= 0.6 is 29.7 Å². The molecule has 9 heteroatoms. The minimum atomic E-state index is -4.41. The van der Waals surface area contributed by atoms with E-state index in [0.29, 0.717) is 28.1 Å². The quantitative estimate of drug-likeness (QED) is 0.308. The minimum absolute atomic E-state index is 0.182. The van der Waals surface area contributed by atoms with Crippen LogP contribution in [0.3, 0.4) is 0 Å². The van der Waals surface area contributed by atoms with Gasteiger partial charge >= 0.3 is 6.18 Å². The number of aryl methyl sites for hydroxylation is 1. The van der Waals surface area contributed by atoms with Crippen molar-refractivity contribution in [3.8, 4) is 0 Å². The Hall–Kier alpha value is -1.67. The van der Waals surface area contributed by atoms with Crippen molar-refractivity contribution in [1.82, 2.24) is 9.97 Å². The fraction of sp³-hybridized carbons (Fsp3) is 0.333. The Bertz CT molecular complexity index is 1170. The first-order chi connectivity index (χ1) is 13.8. The molecule has 1 aromatic heterocycles. The number of rotatable bonds is 4. The second-order valence-corrected chi connectivity index (χ2v) is 12.0. The molecule has 30 heavy (non-hydrogen) atoms. The van der Waals surface area contributed by atoms with Gasteiger partial charge in [0.2, 0.25) is 0 Å². The van der Waals surface area contributed by atoms with Crippen molar-refractivity contribution in [1.29, 1.82) is 0 Å². The van der Waals surface area contributed by atoms with E-state index in [1.54, 1.807) is 33.2 Å². The third kappa shape index (κ3) is 4.64. The van der Waals surface area contributed by atoms with Crippen LogP contribution in [0.2, 0.25) is 0 Å². The zero-order chi connectivity index (χ0) is 22.4. The first-order valence-electron chi connectivity index (χ1n) is 9.25. The molecule has 160 valence electrons. The van der Waals surface area contributed by atoms with Crippen LogP contribution < -0.4 is 10.6 Å². The number of benzene rings is 2. The Kier molecular flexibility index (Phi) is 6.22. The van der Waals surface area contributed by atoms with E-state index in [-0.39, 0.29) is 5.56 Å². The maximum Gasteiger partial charge on any atom is 0.416 e. The number of anilines is 1. The van der Waals surface area contributed by atoms with Crippen molar-refractivity contribution < 1.29 is 17.7 Å². The Morgan fingerprint density at radius 1 is 1.13 bits per heavy atom. The predicted octanol–water partition coefficient (Wildman–Crippen LogP) is 6.29. The van der Waals surface area contributed by atoms with Gasteiger partial charge in [0.15, 0.2) is 0 Å². The Morgan fingerprint density at radius 3 is 2.40 bits per heavy atom. The van der Waals surface area contributed by atoms with Gasteiger partial charge in [-0.2, -0.15) is 13.2 Å². The SMILES string of the molecule is Cc1nc(N[C@H](C)c2cccc(C(F)(F)F)c2C)c2cc(P(C)(C)=O)c(I)cc2n1. The number of aromatic nitrogens is 2. The van der Waals surface area contributed by atoms with Crippen LogP contribution in [-0.4, -0.2) is 23.3 Å². The molecule has 0 fully saturated rings. The Morgan fingerprint density at radius 2 is 1.80 bits per heavy atom. The zero-order valence-corrected chi connectivity index (χ0v) is 20.3. The normalized spacial score (nSPS) is 13.5. The summed E-state index contributed by atoms with van der Waals surface area (Å²) in [5, 5.41) is 4.67. The maximum absolute atomic E-state index is 13.3. The van der Waals surface area contributed by atoms with Crippen LogP contribution in [0.5, 0.6) is 0 Å². The molecule has 3 aromatic rings. The lowest BCUT2D eigenvalue weighted by Gasteiger charge is -2.21. The van der Waals surface area contributed by atoms with E-state index < -0.39 is 24.9 Å². The molecule has 1 atom stereocenters. The fourth-order valence-electron chi connectivity index (χ4n) is 3.49. The van der Waals surface area contributed by atoms with Gasteiger partial charge in [-0.25, -0.2) is 9.97 Å². The molecule has 1 heterocycles. The minimum Gasteiger partial charge on any atom is -0.363 e. The number of alkyl halides is 3. The lowest BCUT2D eigenvalue weighted by molar-refractivity contribution is -0.138. The molecule has 0 unspecified atom stereocenters. The largest absolute Gasteiger partial charge is 0.416 e. The molecule has 1 N–H and O–H groups in total. The van der Waals surface area contributed by atoms with Crippen LogP contribution in [0.25, 0.3) is 10.9 Å². The Labute approximate surface area is 187 Å². The van der Waals surface area contributed by atoms with Crippen molar-refractivity contribution in [2.45, 2.75) is 33.0 Å². The van der Waals surface area contributed by atoms with Crippen LogP contribution in [0.15, 0.2) is 30.3 Å². The third-order valence-corrected chi connectivity index (χ3v) is 7.81. The Balaban J connectivity index is 2.11. The van der Waals surface area contributed by atoms with Gasteiger partial charge in [0, 0.05) is 14.3 Å². The highest BCUT2D eigenvalue weighted by molar-refractivity contribution is 14.1. The third-order valence-electron chi connectivity index (χ3n) is 4.96. The second kappa shape index (κ2) is 8.11. The van der Waals surface area contributed by atoms with Crippen molar-refractivity contribution in [2.75, 3.05) is 18.6 Å². The summed E-state index contributed by atoms with van der Waals surface area (Å²) in [7, 11) is -2.53. The van der Waals surface area contributed by atoms with Crippen LogP contribution in [-0.2, 0) is 10.7 Å². The molecule has 0 amide bonds. The van der Waals surface area contributed by atoms with E-state index in [2.05, 4.69) is 37.9 Å². The number of hydrogen-bond acceptors (Lipinski definition) is 4. The monoisotopic (exact) mass is 547 g/mol. The summed E-state index contributed by atoms with van der Waals surface area (Å²) in [5.41, 5.74) is 0.769. The standard InChI is InChI=1S/C21H22F3IN3OP/c1-11-14(7-6-8-16(11)21(22,23)24)12(2)26-20-15-9-19(30(4,5)29)17(25)10-18(15)27-13(3)28-20/h6-10,12H,1-5H3,(H,26,27,28)/t12-/m1/s1. The van der Waals surface area contributed by atoms with Crippen LogP contribution in [0, 0.1) is 17.4 Å². The highest BCUT2D eigenvalue weighted by Crippen LogP contribution is 2.39. The highest BCUT2D eigenvalue weighted by Gasteiger charge is 2.33. The van der Waals surface area contributed by atoms with Gasteiger partial charge in [0.25, 0.3) is 0 Å². The summed E-state index contributed by atoms with van der Waals surface area (Å²) in [6.07, 6.45) is -4.41. The van der Waals surface area contributed by atoms with E-state index in [1.165, 1.54) is 13.0 Å². The second-order valence-electron chi connectivity index (χ2n) is 7.67. The number of nitrogens with one attached hydrogen (secondary N) is 1. The van der Waals surface area contributed by atoms with Gasteiger partial charge in [-0.15, -0.1) is 0 Å². The molecule has 0 saturated heterocycles. The predicted molar refractivity (Wildman–Crippen MR) is 124 cm³/mol. The first kappa shape index (κ1) is 23.0. The van der Waals surface area contributed by atoms with E-state index in [9.17, 15) is 17.7 Å². The van der Waals surface area contributed by atoms with Gasteiger partial charge in [0.05, 0.1) is 17.1 Å². The van der Waals surface area contributed by atoms with Crippen molar-refractivity contribution in [3.63, 3.8) is 0 Å². The van der Waals surface area contributed by atoms with E-state index in [1.807, 2.05) is 12.1 Å². The average molecular weight is 547 g/mol. The summed E-state index contributed by atoms with van der Waals surface area (Å²) in [4.78, 5) is 8.95. The van der Waals surface area contributed by atoms with E-state index in [4.69, 9.17) is 0 Å². The topological polar surface area (TPSA) is 54.9 Å². The molecule has 4 nitrogen and oxygen atoms in total. The highest BCUT2D eigenvalue weighted by atomic mass is 127. The van der Waals surface area contributed by atoms with Crippen molar-refractivity contribution in [3.05, 3.63) is 56.4 Å². The van der Waals surface area contributed by atoms with Gasteiger partial charge in [-0.1, -0.05) is 12.1 Å². The molecule has 3 rings (SSSR count). The molecule has 0 aliphatic heterocycles. The van der Waals surface area contributed by atoms with Crippen LogP contribution in [0.1, 0.15) is 35.5 Å². The van der Waals surface area contributed by atoms with Gasteiger partial charge in [-0.3, -0.25) is 0 Å². The lowest BCUT2D eigenvalue weighted by atomic mass is 9.97. The van der Waals surface area contributed by atoms with Crippen molar-refractivity contribution in [2.24, 2.45) is 0 Å². The first-order valence-corrected chi connectivity index (χ1v) is 12.9. The molecule has 0 spiro atoms. The molecule has 0 bridgehead atoms. The summed E-state index contributed by atoms with van der Waals surface area (Å²) < 4.78 is 53.5. The summed E-state index contributed by atoms with van der Waals surface area (Å²) in [6, 6.07) is 7.44. The van der Waals surface area contributed by atoms with E-state index in [0.717, 1.165) is 14.9 Å². The molecule has 0 aliphatic rings. The van der Waals surface area contributed by atoms with Crippen LogP contribution in [0.4, 0.5) is 19.0 Å². The van der Waals surface area contributed by atoms with Gasteiger partial charge in [0.1, 0.15) is 18.8 Å². The number of nitrogens with zero attached hydrogens (tertiary/aromatic N) is 2. The van der Waals surface area contributed by atoms with Crippen molar-refractivity contribution >= 4 is 51.8 Å². The van der Waals surface area contributed by atoms with Gasteiger partial charge < -0.3 is 9.88 Å². The smallest absolute Gasteiger partial charge is 0.363 e. The summed E-state index contributed by atoms with van der Waals surface area (Å²) in [5.74, 6) is 1.05. The number of halogens is 4. The molecule has 0 aliphatic carbocycles. The molecular formula is C21H22F3IN3OP. The fourth-order valence-corrected chi connectivity index (χ4v) is 6.70. The molecule has 0 radical (unpaired) electrons. The number of hydrogen-bond donors (Lipinski definition) is 1. The molecule has 2 aromatic carbocycles.